The van der Waals surface area contributed by atoms with E-state index in [0.29, 0.717) is 0 Å². The van der Waals surface area contributed by atoms with E-state index in [-0.39, 0.29) is 11.5 Å². The molecule has 1 rings (SSSR count). The van der Waals surface area contributed by atoms with E-state index in [1.165, 1.54) is 0 Å². The normalized spacial score (nSPS) is 11.4. The van der Waals surface area contributed by atoms with Crippen molar-refractivity contribution in [2.24, 2.45) is 0 Å². The summed E-state index contributed by atoms with van der Waals surface area (Å²) in [6.07, 6.45) is 0. The van der Waals surface area contributed by atoms with Gasteiger partial charge in [-0.05, 0) is 17.1 Å². The van der Waals surface area contributed by atoms with E-state index >= 15 is 0 Å². The lowest BCUT2D eigenvalue weighted by atomic mass is 10.1. The highest BCUT2D eigenvalue weighted by Crippen LogP contribution is 2.46. The molecule has 17 heavy (non-hydrogen) atoms. The Morgan fingerprint density at radius 2 is 1.71 bits per heavy atom. The second kappa shape index (κ2) is 6.91. The second-order valence-electron chi connectivity index (χ2n) is 3.48. The summed E-state index contributed by atoms with van der Waals surface area (Å²) in [6.45, 7) is 4.05. The molecule has 0 fully saturated rings. The van der Waals surface area contributed by atoms with Crippen LogP contribution in [-0.2, 0) is 4.08 Å². The zero-order valence-electron chi connectivity index (χ0n) is 10.1. The van der Waals surface area contributed by atoms with Crippen LogP contribution in [0.3, 0.4) is 0 Å². The summed E-state index contributed by atoms with van der Waals surface area (Å²) in [6, 6.07) is 9.78. The molecule has 0 spiro atoms. The Hall–Kier alpha value is -0.680. The average molecular weight is 271 g/mol. The maximum absolute atomic E-state index is 10.9. The van der Waals surface area contributed by atoms with Crippen LogP contribution in [0.1, 0.15) is 19.4 Å². The minimum atomic E-state index is -0.450. The molecule has 0 aliphatic rings. The molecule has 0 bridgehead atoms. The molecule has 0 aromatic heterocycles. The summed E-state index contributed by atoms with van der Waals surface area (Å²) in [5, 5.41) is 10.9. The standard InChI is InChI=1S/C12H17NO2S2/c1-3-16-12(17-4-2,10-13(14)15)11-8-6-5-7-9-11/h5-9H,3-4,10H2,1-2H3. The van der Waals surface area contributed by atoms with Crippen LogP contribution in [0.15, 0.2) is 30.3 Å². The molecule has 1 aromatic carbocycles. The fourth-order valence-electron chi connectivity index (χ4n) is 1.72. The first-order chi connectivity index (χ1) is 8.14. The Labute approximate surface area is 111 Å². The lowest BCUT2D eigenvalue weighted by molar-refractivity contribution is -0.481. The van der Waals surface area contributed by atoms with E-state index in [1.807, 2.05) is 44.2 Å². The summed E-state index contributed by atoms with van der Waals surface area (Å²) >= 11 is 3.30. The van der Waals surface area contributed by atoms with Crippen LogP contribution >= 0.6 is 23.5 Å². The lowest BCUT2D eigenvalue weighted by Crippen LogP contribution is -2.28. The van der Waals surface area contributed by atoms with Crippen molar-refractivity contribution >= 4 is 23.5 Å². The van der Waals surface area contributed by atoms with Crippen LogP contribution in [-0.4, -0.2) is 23.0 Å². The second-order valence-corrected chi connectivity index (χ2v) is 6.86. The van der Waals surface area contributed by atoms with Gasteiger partial charge >= 0.3 is 0 Å². The molecule has 0 radical (unpaired) electrons. The predicted molar refractivity (Wildman–Crippen MR) is 76.2 cm³/mol. The van der Waals surface area contributed by atoms with Gasteiger partial charge in [-0.3, -0.25) is 10.1 Å². The number of hydrogen-bond acceptors (Lipinski definition) is 4. The Balaban J connectivity index is 3.09. The van der Waals surface area contributed by atoms with Crippen molar-refractivity contribution in [2.45, 2.75) is 17.9 Å². The van der Waals surface area contributed by atoms with Gasteiger partial charge in [-0.1, -0.05) is 44.2 Å². The SMILES string of the molecule is CCSC(C[N+](=O)[O-])(SCC)c1ccccc1. The van der Waals surface area contributed by atoms with Crippen LogP contribution in [0.4, 0.5) is 0 Å². The van der Waals surface area contributed by atoms with E-state index in [1.54, 1.807) is 23.5 Å². The minimum Gasteiger partial charge on any atom is -0.264 e. The van der Waals surface area contributed by atoms with Crippen LogP contribution in [0, 0.1) is 10.1 Å². The number of benzene rings is 1. The van der Waals surface area contributed by atoms with Crippen molar-refractivity contribution in [3.8, 4) is 0 Å². The van der Waals surface area contributed by atoms with Crippen LogP contribution < -0.4 is 0 Å². The summed E-state index contributed by atoms with van der Waals surface area (Å²) in [5.74, 6) is 1.74. The summed E-state index contributed by atoms with van der Waals surface area (Å²) in [5.41, 5.74) is 1.04. The first-order valence-electron chi connectivity index (χ1n) is 5.60. The van der Waals surface area contributed by atoms with E-state index in [9.17, 15) is 10.1 Å². The predicted octanol–water partition coefficient (Wildman–Crippen LogP) is 3.62. The Morgan fingerprint density at radius 1 is 1.18 bits per heavy atom. The minimum absolute atomic E-state index is 0.0337. The van der Waals surface area contributed by atoms with E-state index in [2.05, 4.69) is 0 Å². The topological polar surface area (TPSA) is 43.1 Å². The third-order valence-electron chi connectivity index (χ3n) is 2.31. The Kier molecular flexibility index (Phi) is 5.85. The molecule has 0 saturated heterocycles. The molecule has 94 valence electrons. The van der Waals surface area contributed by atoms with Crippen molar-refractivity contribution < 1.29 is 4.92 Å². The zero-order valence-corrected chi connectivity index (χ0v) is 11.7. The highest BCUT2D eigenvalue weighted by molar-refractivity contribution is 8.17. The first-order valence-corrected chi connectivity index (χ1v) is 7.57. The molecule has 0 unspecified atom stereocenters. The molecular formula is C12H17NO2S2. The van der Waals surface area contributed by atoms with Crippen molar-refractivity contribution in [3.05, 3.63) is 46.0 Å². The van der Waals surface area contributed by atoms with Crippen LogP contribution in [0.25, 0.3) is 0 Å². The molecule has 0 heterocycles. The quantitative estimate of drug-likeness (QED) is 0.431. The van der Waals surface area contributed by atoms with Gasteiger partial charge in [-0.25, -0.2) is 0 Å². The molecule has 0 saturated carbocycles. The lowest BCUT2D eigenvalue weighted by Gasteiger charge is -2.28. The molecule has 0 atom stereocenters. The number of nitro groups is 1. The van der Waals surface area contributed by atoms with E-state index < -0.39 is 4.08 Å². The van der Waals surface area contributed by atoms with Crippen LogP contribution in [0.5, 0.6) is 0 Å². The smallest absolute Gasteiger partial charge is 0.231 e. The first kappa shape index (κ1) is 14.4. The van der Waals surface area contributed by atoms with Gasteiger partial charge in [0.2, 0.25) is 6.54 Å². The fraction of sp³-hybridized carbons (Fsp3) is 0.500. The number of nitrogens with zero attached hydrogens (tertiary/aromatic N) is 1. The summed E-state index contributed by atoms with van der Waals surface area (Å²) in [7, 11) is 0. The number of hydrogen-bond donors (Lipinski definition) is 0. The average Bonchev–Trinajstić information content (AvgIpc) is 2.30. The maximum Gasteiger partial charge on any atom is 0.231 e. The van der Waals surface area contributed by atoms with Gasteiger partial charge in [0.15, 0.2) is 4.08 Å². The third-order valence-corrected chi connectivity index (χ3v) is 5.25. The molecule has 3 nitrogen and oxygen atoms in total. The van der Waals surface area contributed by atoms with Gasteiger partial charge in [0.05, 0.1) is 0 Å². The zero-order chi connectivity index (χ0) is 12.7. The molecule has 0 aliphatic heterocycles. The molecule has 0 amide bonds. The largest absolute Gasteiger partial charge is 0.264 e. The van der Waals surface area contributed by atoms with Gasteiger partial charge in [-0.15, -0.1) is 23.5 Å². The molecule has 0 N–H and O–H groups in total. The Morgan fingerprint density at radius 3 is 2.12 bits per heavy atom. The van der Waals surface area contributed by atoms with Gasteiger partial charge in [-0.2, -0.15) is 0 Å². The van der Waals surface area contributed by atoms with Gasteiger partial charge in [0.1, 0.15) is 0 Å². The summed E-state index contributed by atoms with van der Waals surface area (Å²) in [4.78, 5) is 10.7. The Bertz CT molecular complexity index is 351. The van der Waals surface area contributed by atoms with Gasteiger partial charge in [0, 0.05) is 4.92 Å². The monoisotopic (exact) mass is 271 g/mol. The van der Waals surface area contributed by atoms with E-state index in [4.69, 9.17) is 0 Å². The molecule has 0 aliphatic carbocycles. The van der Waals surface area contributed by atoms with Crippen molar-refractivity contribution in [1.29, 1.82) is 0 Å². The maximum atomic E-state index is 10.9. The third kappa shape index (κ3) is 3.92. The molecular weight excluding hydrogens is 254 g/mol. The van der Waals surface area contributed by atoms with Crippen molar-refractivity contribution in [3.63, 3.8) is 0 Å². The molecule has 5 heteroatoms. The summed E-state index contributed by atoms with van der Waals surface area (Å²) < 4.78 is -0.450. The fourth-order valence-corrected chi connectivity index (χ4v) is 4.69. The van der Waals surface area contributed by atoms with Crippen LogP contribution in [0.2, 0.25) is 0 Å². The van der Waals surface area contributed by atoms with Gasteiger partial charge < -0.3 is 0 Å². The van der Waals surface area contributed by atoms with Gasteiger partial charge in [0.25, 0.3) is 0 Å². The number of thioether (sulfide) groups is 2. The molecule has 1 aromatic rings. The van der Waals surface area contributed by atoms with Crippen molar-refractivity contribution in [1.82, 2.24) is 0 Å². The van der Waals surface area contributed by atoms with E-state index in [0.717, 1.165) is 17.1 Å². The highest BCUT2D eigenvalue weighted by Gasteiger charge is 2.37. The number of rotatable bonds is 7. The highest BCUT2D eigenvalue weighted by atomic mass is 32.2. The van der Waals surface area contributed by atoms with Crippen molar-refractivity contribution in [2.75, 3.05) is 18.1 Å².